The van der Waals surface area contributed by atoms with E-state index in [-0.39, 0.29) is 12.2 Å². The van der Waals surface area contributed by atoms with Crippen LogP contribution in [0.2, 0.25) is 0 Å². The highest BCUT2D eigenvalue weighted by atomic mass is 32.1. The minimum atomic E-state index is -0.876. The molecular weight excluding hydrogens is 162 g/mol. The maximum Gasteiger partial charge on any atom is 0.167 e. The Balaban J connectivity index is 2.50. The predicted octanol–water partition coefficient (Wildman–Crippen LogP) is 0.635. The number of carbonyl (C=O) groups excluding carboxylic acids is 1. The number of rotatable bonds is 3. The molecule has 0 aliphatic heterocycles. The van der Waals surface area contributed by atoms with Gasteiger partial charge in [0.25, 0.3) is 0 Å². The van der Waals surface area contributed by atoms with E-state index in [0.717, 1.165) is 5.01 Å². The molecule has 1 atom stereocenters. The molecule has 0 aliphatic carbocycles. The summed E-state index contributed by atoms with van der Waals surface area (Å²) in [6, 6.07) is 0. The van der Waals surface area contributed by atoms with Crippen LogP contribution in [0.4, 0.5) is 0 Å². The smallest absolute Gasteiger partial charge is 0.167 e. The van der Waals surface area contributed by atoms with Gasteiger partial charge in [-0.05, 0) is 6.92 Å². The highest BCUT2D eigenvalue weighted by Gasteiger charge is 2.10. The molecule has 0 radical (unpaired) electrons. The lowest BCUT2D eigenvalue weighted by Gasteiger charge is -1.98. The monoisotopic (exact) mass is 171 g/mol. The van der Waals surface area contributed by atoms with Crippen LogP contribution in [0.1, 0.15) is 11.9 Å². The van der Waals surface area contributed by atoms with Crippen molar-refractivity contribution < 1.29 is 9.90 Å². The van der Waals surface area contributed by atoms with Gasteiger partial charge >= 0.3 is 0 Å². The topological polar surface area (TPSA) is 50.2 Å². The lowest BCUT2D eigenvalue weighted by atomic mass is 10.2. The number of aromatic nitrogens is 1. The molecule has 1 unspecified atom stereocenters. The second kappa shape index (κ2) is 3.59. The zero-order valence-electron chi connectivity index (χ0n) is 6.15. The van der Waals surface area contributed by atoms with Gasteiger partial charge in [0.2, 0.25) is 0 Å². The summed E-state index contributed by atoms with van der Waals surface area (Å²) in [7, 11) is 0. The number of thiazole rings is 1. The maximum atomic E-state index is 10.9. The first kappa shape index (κ1) is 8.36. The lowest BCUT2D eigenvalue weighted by Crippen LogP contribution is -2.17. The summed E-state index contributed by atoms with van der Waals surface area (Å²) >= 11 is 1.43. The summed E-state index contributed by atoms with van der Waals surface area (Å²) in [6.07, 6.45) is 1.02. The second-order valence-electron chi connectivity index (χ2n) is 2.24. The standard InChI is InChI=1S/C7H9NO2S/c1-5(9)6(10)4-7-8-2-3-11-7/h2-3,5,9H,4H2,1H3. The van der Waals surface area contributed by atoms with Crippen molar-refractivity contribution in [2.24, 2.45) is 0 Å². The molecule has 11 heavy (non-hydrogen) atoms. The van der Waals surface area contributed by atoms with Crippen LogP contribution in [0.3, 0.4) is 0 Å². The molecule has 0 saturated heterocycles. The number of aliphatic hydroxyl groups excluding tert-OH is 1. The van der Waals surface area contributed by atoms with Crippen molar-refractivity contribution >= 4 is 17.1 Å². The quantitative estimate of drug-likeness (QED) is 0.726. The van der Waals surface area contributed by atoms with Crippen molar-refractivity contribution in [2.45, 2.75) is 19.4 Å². The molecule has 1 N–H and O–H groups in total. The average Bonchev–Trinajstić information content (AvgIpc) is 2.39. The fourth-order valence-electron chi connectivity index (χ4n) is 0.637. The van der Waals surface area contributed by atoms with E-state index in [0.29, 0.717) is 0 Å². The van der Waals surface area contributed by atoms with E-state index in [9.17, 15) is 4.79 Å². The molecule has 0 amide bonds. The molecule has 0 bridgehead atoms. The van der Waals surface area contributed by atoms with Gasteiger partial charge in [-0.2, -0.15) is 0 Å². The first-order valence-corrected chi connectivity index (χ1v) is 4.17. The maximum absolute atomic E-state index is 10.9. The van der Waals surface area contributed by atoms with Crippen molar-refractivity contribution in [3.05, 3.63) is 16.6 Å². The van der Waals surface area contributed by atoms with Crippen molar-refractivity contribution in [1.29, 1.82) is 0 Å². The Morgan fingerprint density at radius 3 is 3.09 bits per heavy atom. The Kier molecular flexibility index (Phi) is 2.73. The first-order chi connectivity index (χ1) is 5.20. The van der Waals surface area contributed by atoms with E-state index < -0.39 is 6.10 Å². The van der Waals surface area contributed by atoms with Crippen molar-refractivity contribution in [3.63, 3.8) is 0 Å². The van der Waals surface area contributed by atoms with Crippen LogP contribution in [0.15, 0.2) is 11.6 Å². The average molecular weight is 171 g/mol. The molecule has 0 fully saturated rings. The van der Waals surface area contributed by atoms with E-state index in [4.69, 9.17) is 5.11 Å². The number of hydrogen-bond acceptors (Lipinski definition) is 4. The fraction of sp³-hybridized carbons (Fsp3) is 0.429. The summed E-state index contributed by atoms with van der Waals surface area (Å²) in [5, 5.41) is 11.4. The largest absolute Gasteiger partial charge is 0.386 e. The Hall–Kier alpha value is -0.740. The summed E-state index contributed by atoms with van der Waals surface area (Å²) in [6.45, 7) is 1.47. The van der Waals surface area contributed by atoms with Crippen LogP contribution in [0, 0.1) is 0 Å². The van der Waals surface area contributed by atoms with Gasteiger partial charge in [0.1, 0.15) is 6.10 Å². The van der Waals surface area contributed by atoms with Crippen LogP contribution in [0.5, 0.6) is 0 Å². The third-order valence-electron chi connectivity index (χ3n) is 1.27. The molecular formula is C7H9NO2S. The zero-order valence-corrected chi connectivity index (χ0v) is 6.97. The molecule has 0 saturated carbocycles. The number of carbonyl (C=O) groups is 1. The fourth-order valence-corrected chi connectivity index (χ4v) is 1.26. The molecule has 1 aromatic heterocycles. The van der Waals surface area contributed by atoms with Gasteiger partial charge in [-0.1, -0.05) is 0 Å². The van der Waals surface area contributed by atoms with Gasteiger partial charge in [-0.15, -0.1) is 11.3 Å². The van der Waals surface area contributed by atoms with Gasteiger partial charge in [-0.25, -0.2) is 4.98 Å². The summed E-state index contributed by atoms with van der Waals surface area (Å²) in [5.41, 5.74) is 0. The van der Waals surface area contributed by atoms with E-state index in [1.54, 1.807) is 6.20 Å². The molecule has 0 aromatic carbocycles. The van der Waals surface area contributed by atoms with Crippen molar-refractivity contribution in [3.8, 4) is 0 Å². The Bertz CT molecular complexity index is 231. The van der Waals surface area contributed by atoms with Gasteiger partial charge in [0.15, 0.2) is 5.78 Å². The summed E-state index contributed by atoms with van der Waals surface area (Å²) in [5.74, 6) is -0.181. The van der Waals surface area contributed by atoms with E-state index >= 15 is 0 Å². The van der Waals surface area contributed by atoms with Gasteiger partial charge in [-0.3, -0.25) is 4.79 Å². The molecule has 0 aliphatic rings. The highest BCUT2D eigenvalue weighted by molar-refractivity contribution is 7.09. The molecule has 1 heterocycles. The molecule has 0 spiro atoms. The summed E-state index contributed by atoms with van der Waals surface area (Å²) < 4.78 is 0. The highest BCUT2D eigenvalue weighted by Crippen LogP contribution is 2.05. The molecule has 4 heteroatoms. The van der Waals surface area contributed by atoms with Crippen LogP contribution in [-0.4, -0.2) is 22.0 Å². The third kappa shape index (κ3) is 2.40. The first-order valence-electron chi connectivity index (χ1n) is 3.29. The number of ketones is 1. The third-order valence-corrected chi connectivity index (χ3v) is 2.05. The van der Waals surface area contributed by atoms with Crippen molar-refractivity contribution in [1.82, 2.24) is 4.98 Å². The van der Waals surface area contributed by atoms with Crippen LogP contribution < -0.4 is 0 Å². The lowest BCUT2D eigenvalue weighted by molar-refractivity contribution is -0.125. The Morgan fingerprint density at radius 1 is 1.91 bits per heavy atom. The number of Topliss-reactive ketones (excluding diaryl/α,β-unsaturated/α-hetero) is 1. The molecule has 1 aromatic rings. The van der Waals surface area contributed by atoms with Gasteiger partial charge in [0, 0.05) is 11.6 Å². The van der Waals surface area contributed by atoms with Gasteiger partial charge in [0.05, 0.1) is 11.4 Å². The number of aliphatic hydroxyl groups is 1. The Labute approximate surface area is 68.7 Å². The van der Waals surface area contributed by atoms with Crippen LogP contribution in [-0.2, 0) is 11.2 Å². The SMILES string of the molecule is CC(O)C(=O)Cc1nccs1. The molecule has 60 valence electrons. The normalized spacial score (nSPS) is 12.9. The molecule has 1 rings (SSSR count). The second-order valence-corrected chi connectivity index (χ2v) is 3.22. The van der Waals surface area contributed by atoms with E-state index in [1.165, 1.54) is 18.3 Å². The zero-order chi connectivity index (χ0) is 8.27. The van der Waals surface area contributed by atoms with Crippen molar-refractivity contribution in [2.75, 3.05) is 0 Å². The summed E-state index contributed by atoms with van der Waals surface area (Å²) in [4.78, 5) is 14.9. The number of hydrogen-bond donors (Lipinski definition) is 1. The van der Waals surface area contributed by atoms with E-state index in [1.807, 2.05) is 5.38 Å². The minimum absolute atomic E-state index is 0.181. The minimum Gasteiger partial charge on any atom is -0.386 e. The van der Waals surface area contributed by atoms with Crippen LogP contribution in [0.25, 0.3) is 0 Å². The number of nitrogens with zero attached hydrogens (tertiary/aromatic N) is 1. The molecule has 3 nitrogen and oxygen atoms in total. The Morgan fingerprint density at radius 2 is 2.64 bits per heavy atom. The van der Waals surface area contributed by atoms with E-state index in [2.05, 4.69) is 4.98 Å². The predicted molar refractivity (Wildman–Crippen MR) is 42.5 cm³/mol. The van der Waals surface area contributed by atoms with Crippen LogP contribution >= 0.6 is 11.3 Å². The van der Waals surface area contributed by atoms with Gasteiger partial charge < -0.3 is 5.11 Å².